The molecule has 0 unspecified atom stereocenters. The van der Waals surface area contributed by atoms with E-state index in [0.29, 0.717) is 18.8 Å². The molecular weight excluding hydrogens is 220 g/mol. The molecule has 6 nitrogen and oxygen atoms in total. The lowest BCUT2D eigenvalue weighted by Crippen LogP contribution is -2.15. The molecule has 0 aliphatic rings. The van der Waals surface area contributed by atoms with Crippen LogP contribution in [0.25, 0.3) is 0 Å². The second-order valence-corrected chi connectivity index (χ2v) is 3.27. The first kappa shape index (κ1) is 11.5. The highest BCUT2D eigenvalue weighted by Gasteiger charge is 2.04. The number of primary amides is 1. The SMILES string of the molecule is NC(=O)CCCNc1nc[nH]c(=O)c1Cl. The van der Waals surface area contributed by atoms with E-state index in [1.165, 1.54) is 6.33 Å². The molecular formula is C8H11ClN4O2. The fourth-order valence-corrected chi connectivity index (χ4v) is 1.15. The van der Waals surface area contributed by atoms with Crippen molar-refractivity contribution in [3.63, 3.8) is 0 Å². The van der Waals surface area contributed by atoms with Gasteiger partial charge in [0, 0.05) is 13.0 Å². The fraction of sp³-hybridized carbons (Fsp3) is 0.375. The van der Waals surface area contributed by atoms with E-state index in [2.05, 4.69) is 15.3 Å². The molecule has 1 amide bonds. The summed E-state index contributed by atoms with van der Waals surface area (Å²) in [6.45, 7) is 0.485. The predicted octanol–water partition coefficient (Wildman–Crippen LogP) is 0.101. The number of halogens is 1. The third-order valence-corrected chi connectivity index (χ3v) is 2.04. The van der Waals surface area contributed by atoms with Crippen molar-refractivity contribution in [1.82, 2.24) is 9.97 Å². The summed E-state index contributed by atoms with van der Waals surface area (Å²) in [6, 6.07) is 0. The van der Waals surface area contributed by atoms with Crippen molar-refractivity contribution in [2.45, 2.75) is 12.8 Å². The summed E-state index contributed by atoms with van der Waals surface area (Å²) in [5.74, 6) is -0.0494. The Hall–Kier alpha value is -1.56. The van der Waals surface area contributed by atoms with Crippen LogP contribution in [0, 0.1) is 0 Å². The van der Waals surface area contributed by atoms with Crippen LogP contribution < -0.4 is 16.6 Å². The van der Waals surface area contributed by atoms with E-state index < -0.39 is 5.56 Å². The fourth-order valence-electron chi connectivity index (χ4n) is 0.976. The topological polar surface area (TPSA) is 101 Å². The number of hydrogen-bond acceptors (Lipinski definition) is 4. The van der Waals surface area contributed by atoms with Gasteiger partial charge in [-0.3, -0.25) is 9.59 Å². The van der Waals surface area contributed by atoms with Crippen LogP contribution in [-0.4, -0.2) is 22.4 Å². The second-order valence-electron chi connectivity index (χ2n) is 2.89. The van der Waals surface area contributed by atoms with Gasteiger partial charge in [0.25, 0.3) is 5.56 Å². The van der Waals surface area contributed by atoms with Crippen LogP contribution >= 0.6 is 11.6 Å². The highest BCUT2D eigenvalue weighted by molar-refractivity contribution is 6.32. The molecule has 0 aromatic carbocycles. The summed E-state index contributed by atoms with van der Waals surface area (Å²) < 4.78 is 0. The lowest BCUT2D eigenvalue weighted by molar-refractivity contribution is -0.118. The van der Waals surface area contributed by atoms with Crippen LogP contribution in [0.3, 0.4) is 0 Å². The number of anilines is 1. The summed E-state index contributed by atoms with van der Waals surface area (Å²) in [6.07, 6.45) is 2.11. The monoisotopic (exact) mass is 230 g/mol. The maximum atomic E-state index is 11.0. The van der Waals surface area contributed by atoms with Crippen molar-refractivity contribution in [3.8, 4) is 0 Å². The number of amides is 1. The van der Waals surface area contributed by atoms with Gasteiger partial charge in [-0.2, -0.15) is 0 Å². The molecule has 4 N–H and O–H groups in total. The largest absolute Gasteiger partial charge is 0.370 e. The van der Waals surface area contributed by atoms with Gasteiger partial charge in [0.2, 0.25) is 5.91 Å². The van der Waals surface area contributed by atoms with Gasteiger partial charge in [0.05, 0.1) is 6.33 Å². The second kappa shape index (κ2) is 5.35. The number of nitrogens with two attached hydrogens (primary N) is 1. The standard InChI is InChI=1S/C8H11ClN4O2/c9-6-7(12-4-13-8(6)15)11-3-1-2-5(10)14/h4H,1-3H2,(H2,10,14)(H2,11,12,13,15). The van der Waals surface area contributed by atoms with Crippen LogP contribution in [0.15, 0.2) is 11.1 Å². The van der Waals surface area contributed by atoms with Crippen LogP contribution in [0.2, 0.25) is 5.02 Å². The van der Waals surface area contributed by atoms with E-state index in [-0.39, 0.29) is 17.4 Å². The molecule has 82 valence electrons. The maximum Gasteiger partial charge on any atom is 0.271 e. The third kappa shape index (κ3) is 3.59. The Morgan fingerprint density at radius 1 is 1.67 bits per heavy atom. The van der Waals surface area contributed by atoms with Crippen molar-refractivity contribution >= 4 is 23.3 Å². The number of rotatable bonds is 5. The Morgan fingerprint density at radius 2 is 2.40 bits per heavy atom. The third-order valence-electron chi connectivity index (χ3n) is 1.69. The molecule has 0 aliphatic heterocycles. The number of nitrogens with one attached hydrogen (secondary N) is 2. The molecule has 0 fully saturated rings. The minimum atomic E-state index is -0.399. The van der Waals surface area contributed by atoms with E-state index in [4.69, 9.17) is 17.3 Å². The van der Waals surface area contributed by atoms with Crippen LogP contribution in [0.4, 0.5) is 5.82 Å². The van der Waals surface area contributed by atoms with E-state index in [0.717, 1.165) is 0 Å². The van der Waals surface area contributed by atoms with Gasteiger partial charge >= 0.3 is 0 Å². The lowest BCUT2D eigenvalue weighted by Gasteiger charge is -2.04. The molecule has 0 saturated carbocycles. The quantitative estimate of drug-likeness (QED) is 0.625. The number of carbonyl (C=O) groups excluding carboxylic acids is 1. The molecule has 0 radical (unpaired) electrons. The summed E-state index contributed by atoms with van der Waals surface area (Å²) in [5.41, 5.74) is 4.56. The Labute approximate surface area is 90.8 Å². The van der Waals surface area contributed by atoms with E-state index in [1.807, 2.05) is 0 Å². The number of H-pyrrole nitrogens is 1. The molecule has 1 aromatic heterocycles. The summed E-state index contributed by atoms with van der Waals surface area (Å²) in [7, 11) is 0. The molecule has 1 aromatic rings. The minimum absolute atomic E-state index is 0.0107. The number of aromatic amines is 1. The zero-order chi connectivity index (χ0) is 11.3. The van der Waals surface area contributed by atoms with E-state index in [9.17, 15) is 9.59 Å². The number of hydrogen-bond donors (Lipinski definition) is 3. The number of aromatic nitrogens is 2. The Bertz CT molecular complexity index is 404. The molecule has 7 heteroatoms. The first-order chi connectivity index (χ1) is 7.11. The van der Waals surface area contributed by atoms with Gasteiger partial charge in [0.1, 0.15) is 5.02 Å². The first-order valence-electron chi connectivity index (χ1n) is 4.36. The highest BCUT2D eigenvalue weighted by Crippen LogP contribution is 2.11. The van der Waals surface area contributed by atoms with Crippen molar-refractivity contribution in [1.29, 1.82) is 0 Å². The zero-order valence-electron chi connectivity index (χ0n) is 7.92. The van der Waals surface area contributed by atoms with E-state index in [1.54, 1.807) is 0 Å². The van der Waals surface area contributed by atoms with E-state index >= 15 is 0 Å². The van der Waals surface area contributed by atoms with Crippen LogP contribution in [0.5, 0.6) is 0 Å². The molecule has 0 spiro atoms. The summed E-state index contributed by atoms with van der Waals surface area (Å²) in [5, 5.41) is 2.85. The molecule has 0 bridgehead atoms. The lowest BCUT2D eigenvalue weighted by atomic mass is 10.3. The molecule has 1 rings (SSSR count). The Kier molecular flexibility index (Phi) is 4.11. The zero-order valence-corrected chi connectivity index (χ0v) is 8.67. The first-order valence-corrected chi connectivity index (χ1v) is 4.74. The van der Waals surface area contributed by atoms with Gasteiger partial charge in [-0.1, -0.05) is 11.6 Å². The minimum Gasteiger partial charge on any atom is -0.370 e. The predicted molar refractivity (Wildman–Crippen MR) is 56.8 cm³/mol. The maximum absolute atomic E-state index is 11.0. The van der Waals surface area contributed by atoms with Gasteiger partial charge < -0.3 is 16.0 Å². The van der Waals surface area contributed by atoms with Crippen molar-refractivity contribution < 1.29 is 4.79 Å². The number of nitrogens with zero attached hydrogens (tertiary/aromatic N) is 1. The van der Waals surface area contributed by atoms with Crippen LogP contribution in [-0.2, 0) is 4.79 Å². The average Bonchev–Trinajstić information content (AvgIpc) is 2.18. The van der Waals surface area contributed by atoms with Crippen molar-refractivity contribution in [2.75, 3.05) is 11.9 Å². The average molecular weight is 231 g/mol. The van der Waals surface area contributed by atoms with Gasteiger partial charge in [0.15, 0.2) is 5.82 Å². The smallest absolute Gasteiger partial charge is 0.271 e. The van der Waals surface area contributed by atoms with Crippen molar-refractivity contribution in [3.05, 3.63) is 21.7 Å². The van der Waals surface area contributed by atoms with Gasteiger partial charge in [-0.15, -0.1) is 0 Å². The molecule has 1 heterocycles. The molecule has 0 saturated heterocycles. The van der Waals surface area contributed by atoms with Crippen LogP contribution in [0.1, 0.15) is 12.8 Å². The summed E-state index contributed by atoms with van der Waals surface area (Å²) >= 11 is 5.67. The van der Waals surface area contributed by atoms with Crippen molar-refractivity contribution in [2.24, 2.45) is 5.73 Å². The molecule has 0 atom stereocenters. The van der Waals surface area contributed by atoms with Gasteiger partial charge in [-0.25, -0.2) is 4.98 Å². The summed E-state index contributed by atoms with van der Waals surface area (Å²) in [4.78, 5) is 27.6. The molecule has 15 heavy (non-hydrogen) atoms. The highest BCUT2D eigenvalue weighted by atomic mass is 35.5. The molecule has 0 aliphatic carbocycles. The Balaban J connectivity index is 2.48. The normalized spacial score (nSPS) is 9.93. The Morgan fingerprint density at radius 3 is 3.07 bits per heavy atom. The van der Waals surface area contributed by atoms with Gasteiger partial charge in [-0.05, 0) is 6.42 Å². The number of carbonyl (C=O) groups is 1.